The average Bonchev–Trinajstić information content (AvgIpc) is 2.78. The summed E-state index contributed by atoms with van der Waals surface area (Å²) in [4.78, 5) is 19.5. The number of aromatic amines is 1. The maximum atomic E-state index is 11.6. The van der Waals surface area contributed by atoms with Gasteiger partial charge in [0.1, 0.15) is 0 Å². The number of hydrogen-bond donors (Lipinski definition) is 2. The van der Waals surface area contributed by atoms with Gasteiger partial charge in [0.15, 0.2) is 0 Å². The van der Waals surface area contributed by atoms with Crippen LogP contribution >= 0.6 is 0 Å². The van der Waals surface area contributed by atoms with Crippen LogP contribution < -0.4 is 10.1 Å². The van der Waals surface area contributed by atoms with Crippen molar-refractivity contribution in [2.75, 3.05) is 12.4 Å². The van der Waals surface area contributed by atoms with E-state index in [1.165, 1.54) is 7.11 Å². The number of hydrogen-bond acceptors (Lipinski definition) is 5. The molecule has 7 nitrogen and oxygen atoms in total. The van der Waals surface area contributed by atoms with Gasteiger partial charge in [-0.05, 0) is 12.1 Å². The summed E-state index contributed by atoms with van der Waals surface area (Å²) in [7, 11) is 1.45. The van der Waals surface area contributed by atoms with Crippen molar-refractivity contribution >= 4 is 11.9 Å². The molecule has 0 aromatic carbocycles. The van der Waals surface area contributed by atoms with Crippen LogP contribution in [-0.4, -0.2) is 33.2 Å². The molecule has 0 atom stereocenters. The minimum absolute atomic E-state index is 0.179. The largest absolute Gasteiger partial charge is 0.466 e. The smallest absolute Gasteiger partial charge is 0.336 e. The quantitative estimate of drug-likeness (QED) is 0.796. The van der Waals surface area contributed by atoms with E-state index in [4.69, 9.17) is 4.74 Å². The Hall–Kier alpha value is -2.44. The van der Waals surface area contributed by atoms with Gasteiger partial charge in [-0.15, -0.1) is 5.10 Å². The van der Waals surface area contributed by atoms with E-state index in [2.05, 4.69) is 25.5 Å². The van der Waals surface area contributed by atoms with Crippen LogP contribution in [0.5, 0.6) is 6.01 Å². The summed E-state index contributed by atoms with van der Waals surface area (Å²) < 4.78 is 4.78. The molecule has 0 aliphatic heterocycles. The van der Waals surface area contributed by atoms with Crippen molar-refractivity contribution in [2.45, 2.75) is 6.42 Å². The fourth-order valence-electron chi connectivity index (χ4n) is 1.24. The molecule has 0 saturated heterocycles. The van der Waals surface area contributed by atoms with E-state index >= 15 is 0 Å². The first kappa shape index (κ1) is 11.1. The number of aromatic nitrogens is 4. The fraction of sp³-hybridized carbons (Fsp3) is 0.200. The van der Waals surface area contributed by atoms with Crippen LogP contribution in [0.1, 0.15) is 5.69 Å². The fourth-order valence-corrected chi connectivity index (χ4v) is 1.24. The Morgan fingerprint density at radius 3 is 3.06 bits per heavy atom. The lowest BCUT2D eigenvalue weighted by Crippen LogP contribution is -2.16. The second-order valence-corrected chi connectivity index (χ2v) is 3.22. The molecule has 17 heavy (non-hydrogen) atoms. The van der Waals surface area contributed by atoms with Crippen molar-refractivity contribution in [1.29, 1.82) is 0 Å². The summed E-state index contributed by atoms with van der Waals surface area (Å²) in [6, 6.07) is 5.58. The number of nitrogens with zero attached hydrogens (tertiary/aromatic N) is 3. The molecular formula is C10H11N5O2. The minimum atomic E-state index is -0.220. The average molecular weight is 233 g/mol. The van der Waals surface area contributed by atoms with Crippen molar-refractivity contribution in [1.82, 2.24) is 20.2 Å². The number of rotatable bonds is 4. The lowest BCUT2D eigenvalue weighted by atomic mass is 10.2. The molecule has 1 amide bonds. The summed E-state index contributed by atoms with van der Waals surface area (Å²) in [5.74, 6) is 0.0327. The maximum absolute atomic E-state index is 11.6. The van der Waals surface area contributed by atoms with E-state index in [9.17, 15) is 4.79 Å². The van der Waals surface area contributed by atoms with Gasteiger partial charge in [-0.3, -0.25) is 15.1 Å². The number of anilines is 1. The second kappa shape index (κ2) is 5.06. The Balaban J connectivity index is 1.93. The Kier molecular flexibility index (Phi) is 3.29. The molecule has 0 fully saturated rings. The topological polar surface area (TPSA) is 92.8 Å². The number of ether oxygens (including phenoxy) is 1. The van der Waals surface area contributed by atoms with Crippen LogP contribution in [0.25, 0.3) is 0 Å². The van der Waals surface area contributed by atoms with Gasteiger partial charge < -0.3 is 4.74 Å². The minimum Gasteiger partial charge on any atom is -0.466 e. The molecule has 0 aliphatic rings. The highest BCUT2D eigenvalue weighted by molar-refractivity contribution is 5.90. The zero-order chi connectivity index (χ0) is 12.1. The lowest BCUT2D eigenvalue weighted by Gasteiger charge is -2.00. The highest BCUT2D eigenvalue weighted by Crippen LogP contribution is 2.05. The van der Waals surface area contributed by atoms with E-state index in [1.807, 2.05) is 6.07 Å². The standard InChI is InChI=1S/C10H11N5O2/c1-17-10-13-9(14-15-10)12-8(16)6-7-4-2-3-5-11-7/h2-5H,6H2,1H3,(H2,12,13,14,15,16). The summed E-state index contributed by atoms with van der Waals surface area (Å²) in [5, 5.41) is 8.80. The van der Waals surface area contributed by atoms with E-state index in [0.29, 0.717) is 5.69 Å². The molecule has 0 saturated carbocycles. The number of carbonyl (C=O) groups excluding carboxylic acids is 1. The highest BCUT2D eigenvalue weighted by Gasteiger charge is 2.08. The van der Waals surface area contributed by atoms with Crippen LogP contribution in [0.3, 0.4) is 0 Å². The van der Waals surface area contributed by atoms with Crippen molar-refractivity contribution in [3.05, 3.63) is 30.1 Å². The Morgan fingerprint density at radius 1 is 1.53 bits per heavy atom. The Morgan fingerprint density at radius 2 is 2.41 bits per heavy atom. The van der Waals surface area contributed by atoms with Crippen LogP contribution in [0, 0.1) is 0 Å². The molecule has 0 aliphatic carbocycles. The van der Waals surface area contributed by atoms with Gasteiger partial charge in [-0.25, -0.2) is 5.10 Å². The molecular weight excluding hydrogens is 222 g/mol. The van der Waals surface area contributed by atoms with Gasteiger partial charge in [-0.1, -0.05) is 6.07 Å². The lowest BCUT2D eigenvalue weighted by molar-refractivity contribution is -0.115. The number of amides is 1. The Labute approximate surface area is 97.2 Å². The van der Waals surface area contributed by atoms with Crippen molar-refractivity contribution in [3.63, 3.8) is 0 Å². The third kappa shape index (κ3) is 3.00. The van der Waals surface area contributed by atoms with Crippen LogP contribution in [-0.2, 0) is 11.2 Å². The van der Waals surface area contributed by atoms with Crippen LogP contribution in [0.2, 0.25) is 0 Å². The van der Waals surface area contributed by atoms with Gasteiger partial charge in [0.2, 0.25) is 11.9 Å². The predicted molar refractivity (Wildman–Crippen MR) is 59.5 cm³/mol. The molecule has 7 heteroatoms. The molecule has 0 spiro atoms. The summed E-state index contributed by atoms with van der Waals surface area (Å²) in [5.41, 5.74) is 0.691. The number of methoxy groups -OCH3 is 1. The SMILES string of the molecule is COc1n[nH]c(NC(=O)Cc2ccccn2)n1. The van der Waals surface area contributed by atoms with Gasteiger partial charge in [0, 0.05) is 11.9 Å². The molecule has 2 aromatic heterocycles. The summed E-state index contributed by atoms with van der Waals surface area (Å²) in [6.45, 7) is 0. The monoisotopic (exact) mass is 233 g/mol. The van der Waals surface area contributed by atoms with Gasteiger partial charge in [-0.2, -0.15) is 4.98 Å². The molecule has 2 rings (SSSR count). The van der Waals surface area contributed by atoms with Crippen molar-refractivity contribution < 1.29 is 9.53 Å². The number of pyridine rings is 1. The molecule has 2 aromatic rings. The molecule has 2 N–H and O–H groups in total. The third-order valence-corrected chi connectivity index (χ3v) is 1.97. The first-order valence-corrected chi connectivity index (χ1v) is 4.94. The van der Waals surface area contributed by atoms with Crippen molar-refractivity contribution in [2.24, 2.45) is 0 Å². The van der Waals surface area contributed by atoms with Crippen LogP contribution in [0.15, 0.2) is 24.4 Å². The molecule has 88 valence electrons. The van der Waals surface area contributed by atoms with Crippen LogP contribution in [0.4, 0.5) is 5.95 Å². The predicted octanol–water partition coefficient (Wildman–Crippen LogP) is 0.389. The van der Waals surface area contributed by atoms with E-state index in [-0.39, 0.29) is 24.3 Å². The first-order chi connectivity index (χ1) is 8.28. The summed E-state index contributed by atoms with van der Waals surface area (Å²) in [6.07, 6.45) is 1.82. The zero-order valence-corrected chi connectivity index (χ0v) is 9.17. The Bertz CT molecular complexity index is 496. The molecule has 0 unspecified atom stereocenters. The van der Waals surface area contributed by atoms with E-state index in [1.54, 1.807) is 18.3 Å². The van der Waals surface area contributed by atoms with Gasteiger partial charge in [0.05, 0.1) is 13.5 Å². The zero-order valence-electron chi connectivity index (χ0n) is 9.17. The van der Waals surface area contributed by atoms with Crippen molar-refractivity contribution in [3.8, 4) is 6.01 Å². The van der Waals surface area contributed by atoms with Gasteiger partial charge in [0.25, 0.3) is 0 Å². The maximum Gasteiger partial charge on any atom is 0.336 e. The molecule has 0 radical (unpaired) electrons. The third-order valence-electron chi connectivity index (χ3n) is 1.97. The van der Waals surface area contributed by atoms with E-state index < -0.39 is 0 Å². The normalized spacial score (nSPS) is 9.94. The first-order valence-electron chi connectivity index (χ1n) is 4.94. The molecule has 0 bridgehead atoms. The summed E-state index contributed by atoms with van der Waals surface area (Å²) >= 11 is 0. The highest BCUT2D eigenvalue weighted by atomic mass is 16.5. The number of H-pyrrole nitrogens is 1. The number of nitrogens with one attached hydrogen (secondary N) is 2. The number of carbonyl (C=O) groups is 1. The second-order valence-electron chi connectivity index (χ2n) is 3.22. The van der Waals surface area contributed by atoms with Gasteiger partial charge >= 0.3 is 6.01 Å². The molecule has 2 heterocycles. The van der Waals surface area contributed by atoms with E-state index in [0.717, 1.165) is 0 Å².